The van der Waals surface area contributed by atoms with Crippen LogP contribution >= 0.6 is 24.8 Å². The van der Waals surface area contributed by atoms with Gasteiger partial charge in [-0.3, -0.25) is 4.79 Å². The van der Waals surface area contributed by atoms with Crippen LogP contribution < -0.4 is 16.0 Å². The molecule has 2 aliphatic heterocycles. The van der Waals surface area contributed by atoms with Crippen molar-refractivity contribution >= 4 is 30.7 Å². The molecule has 1 aromatic rings. The predicted molar refractivity (Wildman–Crippen MR) is 104 cm³/mol. The van der Waals surface area contributed by atoms with Crippen LogP contribution in [0.1, 0.15) is 30.4 Å². The third kappa shape index (κ3) is 6.24. The van der Waals surface area contributed by atoms with Gasteiger partial charge in [0, 0.05) is 13.1 Å². The number of piperidine rings is 1. The van der Waals surface area contributed by atoms with Crippen LogP contribution in [0.15, 0.2) is 24.3 Å². The number of halogens is 5. The Morgan fingerprint density at radius 3 is 2.59 bits per heavy atom. The van der Waals surface area contributed by atoms with Gasteiger partial charge in [-0.15, -0.1) is 24.8 Å². The smallest absolute Gasteiger partial charge is 0.354 e. The Kier molecular flexibility index (Phi) is 8.86. The van der Waals surface area contributed by atoms with E-state index in [1.807, 2.05) is 0 Å². The Labute approximate surface area is 169 Å². The largest absolute Gasteiger partial charge is 0.416 e. The first kappa shape index (κ1) is 24.0. The molecule has 0 saturated carbocycles. The molecule has 2 fully saturated rings. The van der Waals surface area contributed by atoms with Gasteiger partial charge < -0.3 is 16.0 Å². The zero-order valence-electron chi connectivity index (χ0n) is 14.9. The van der Waals surface area contributed by atoms with E-state index in [9.17, 15) is 18.0 Å². The van der Waals surface area contributed by atoms with Crippen LogP contribution in [-0.4, -0.2) is 38.1 Å². The summed E-state index contributed by atoms with van der Waals surface area (Å²) in [5.74, 6) is -0.0533. The summed E-state index contributed by atoms with van der Waals surface area (Å²) in [7, 11) is 0. The number of alkyl halides is 3. The third-order valence-corrected chi connectivity index (χ3v) is 5.31. The normalized spacial score (nSPS) is 21.2. The number of carbonyl (C=O) groups is 1. The lowest BCUT2D eigenvalue weighted by Crippen LogP contribution is -2.41. The van der Waals surface area contributed by atoms with Gasteiger partial charge in [0.25, 0.3) is 0 Å². The van der Waals surface area contributed by atoms with Gasteiger partial charge in [0.15, 0.2) is 0 Å². The van der Waals surface area contributed by atoms with Gasteiger partial charge in [0.2, 0.25) is 5.91 Å². The zero-order valence-corrected chi connectivity index (χ0v) is 16.5. The summed E-state index contributed by atoms with van der Waals surface area (Å²) in [6.45, 7) is 3.18. The molecule has 0 aromatic heterocycles. The van der Waals surface area contributed by atoms with Crippen LogP contribution in [0.4, 0.5) is 13.2 Å². The van der Waals surface area contributed by atoms with E-state index in [4.69, 9.17) is 0 Å². The maximum atomic E-state index is 12.7. The minimum atomic E-state index is -4.34. The van der Waals surface area contributed by atoms with E-state index >= 15 is 0 Å². The molecule has 2 aliphatic rings. The molecule has 2 heterocycles. The summed E-state index contributed by atoms with van der Waals surface area (Å²) in [6.07, 6.45) is -0.959. The number of nitrogens with one attached hydrogen (secondary N) is 3. The Hall–Kier alpha value is -1.02. The third-order valence-electron chi connectivity index (χ3n) is 5.31. The first-order valence-corrected chi connectivity index (χ1v) is 8.76. The summed E-state index contributed by atoms with van der Waals surface area (Å²) in [4.78, 5) is 12.3. The van der Waals surface area contributed by atoms with Crippen LogP contribution in [0.3, 0.4) is 0 Å². The minimum Gasteiger partial charge on any atom is -0.354 e. The van der Waals surface area contributed by atoms with E-state index in [0.717, 1.165) is 51.0 Å². The van der Waals surface area contributed by atoms with Crippen LogP contribution in [0.25, 0.3) is 0 Å². The van der Waals surface area contributed by atoms with Crippen molar-refractivity contribution in [1.82, 2.24) is 16.0 Å². The summed E-state index contributed by atoms with van der Waals surface area (Å²) in [6, 6.07) is 5.06. The molecule has 0 radical (unpaired) electrons. The lowest BCUT2D eigenvalue weighted by atomic mass is 9.77. The van der Waals surface area contributed by atoms with E-state index < -0.39 is 11.7 Å². The van der Waals surface area contributed by atoms with Crippen molar-refractivity contribution in [3.63, 3.8) is 0 Å². The van der Waals surface area contributed by atoms with Crippen LogP contribution in [0.2, 0.25) is 0 Å². The first-order chi connectivity index (χ1) is 11.9. The van der Waals surface area contributed by atoms with Crippen molar-refractivity contribution < 1.29 is 18.0 Å². The van der Waals surface area contributed by atoms with Crippen molar-refractivity contribution in [3.8, 4) is 0 Å². The van der Waals surface area contributed by atoms with Crippen molar-refractivity contribution in [2.75, 3.05) is 26.2 Å². The fourth-order valence-electron chi connectivity index (χ4n) is 3.80. The first-order valence-electron chi connectivity index (χ1n) is 8.76. The van der Waals surface area contributed by atoms with Gasteiger partial charge in [-0.2, -0.15) is 13.2 Å². The summed E-state index contributed by atoms with van der Waals surface area (Å²) in [5.41, 5.74) is 0.139. The van der Waals surface area contributed by atoms with Gasteiger partial charge in [0.05, 0.1) is 11.6 Å². The second-order valence-electron chi connectivity index (χ2n) is 7.13. The lowest BCUT2D eigenvalue weighted by molar-refractivity contribution is -0.137. The molecule has 1 amide bonds. The van der Waals surface area contributed by atoms with E-state index in [-0.39, 0.29) is 42.2 Å². The van der Waals surface area contributed by atoms with Crippen LogP contribution in [0.5, 0.6) is 0 Å². The number of carbonyl (C=O) groups excluding carboxylic acids is 1. The van der Waals surface area contributed by atoms with E-state index in [1.165, 1.54) is 6.07 Å². The summed E-state index contributed by atoms with van der Waals surface area (Å²) < 4.78 is 38.1. The second-order valence-corrected chi connectivity index (χ2v) is 7.13. The molecule has 27 heavy (non-hydrogen) atoms. The number of rotatable bonds is 4. The summed E-state index contributed by atoms with van der Waals surface area (Å²) in [5, 5.41) is 9.50. The lowest BCUT2D eigenvalue weighted by Gasteiger charge is -2.33. The highest BCUT2D eigenvalue weighted by molar-refractivity contribution is 5.85. The molecule has 1 aromatic carbocycles. The number of hydrogen-bond donors (Lipinski definition) is 3. The molecule has 9 heteroatoms. The average Bonchev–Trinajstić information content (AvgIpc) is 2.98. The molecule has 1 unspecified atom stereocenters. The predicted octanol–water partition coefficient (Wildman–Crippen LogP) is 2.94. The quantitative estimate of drug-likeness (QED) is 0.692. The van der Waals surface area contributed by atoms with Crippen molar-refractivity contribution in [2.24, 2.45) is 5.41 Å². The average molecular weight is 428 g/mol. The number of amides is 1. The Balaban J connectivity index is 0.00000182. The van der Waals surface area contributed by atoms with Gasteiger partial charge in [-0.1, -0.05) is 18.2 Å². The van der Waals surface area contributed by atoms with Crippen LogP contribution in [0, 0.1) is 5.41 Å². The highest BCUT2D eigenvalue weighted by Gasteiger charge is 2.41. The van der Waals surface area contributed by atoms with Crippen molar-refractivity contribution in [3.05, 3.63) is 35.4 Å². The molecule has 1 spiro atoms. The SMILES string of the molecule is Cl.Cl.O=C(NCCc1cccc(C(F)(F)F)c1)C1CC2(CCNCC2)CN1. The van der Waals surface area contributed by atoms with Gasteiger partial charge >= 0.3 is 6.18 Å². The second kappa shape index (κ2) is 9.96. The fraction of sp³-hybridized carbons (Fsp3) is 0.611. The zero-order chi connectivity index (χ0) is 17.9. The molecule has 0 aliphatic carbocycles. The maximum Gasteiger partial charge on any atom is 0.416 e. The fourth-order valence-corrected chi connectivity index (χ4v) is 3.80. The topological polar surface area (TPSA) is 53.2 Å². The molecule has 4 nitrogen and oxygen atoms in total. The molecule has 1 atom stereocenters. The molecular formula is C18H26Cl2F3N3O. The highest BCUT2D eigenvalue weighted by atomic mass is 35.5. The van der Waals surface area contributed by atoms with Gasteiger partial charge in [-0.05, 0) is 55.8 Å². The Morgan fingerprint density at radius 1 is 1.22 bits per heavy atom. The number of hydrogen-bond acceptors (Lipinski definition) is 3. The minimum absolute atomic E-state index is 0. The van der Waals surface area contributed by atoms with E-state index in [0.29, 0.717) is 18.5 Å². The molecule has 3 N–H and O–H groups in total. The number of benzene rings is 1. The van der Waals surface area contributed by atoms with Gasteiger partial charge in [-0.25, -0.2) is 0 Å². The standard InChI is InChI=1S/C18H24F3N3O.2ClH/c19-18(20,21)14-3-1-2-13(10-14)4-7-23-16(25)15-11-17(12-24-15)5-8-22-9-6-17;;/h1-3,10,15,22,24H,4-9,11-12H2,(H,23,25);2*1H. The van der Waals surface area contributed by atoms with E-state index in [1.54, 1.807) is 6.07 Å². The van der Waals surface area contributed by atoms with Crippen molar-refractivity contribution in [2.45, 2.75) is 37.9 Å². The van der Waals surface area contributed by atoms with E-state index in [2.05, 4.69) is 16.0 Å². The summed E-state index contributed by atoms with van der Waals surface area (Å²) >= 11 is 0. The van der Waals surface area contributed by atoms with Crippen molar-refractivity contribution in [1.29, 1.82) is 0 Å². The van der Waals surface area contributed by atoms with Gasteiger partial charge in [0.1, 0.15) is 0 Å². The molecular weight excluding hydrogens is 402 g/mol. The highest BCUT2D eigenvalue weighted by Crippen LogP contribution is 2.37. The van der Waals surface area contributed by atoms with Crippen LogP contribution in [-0.2, 0) is 17.4 Å². The Bertz CT molecular complexity index is 622. The Morgan fingerprint density at radius 2 is 1.93 bits per heavy atom. The maximum absolute atomic E-state index is 12.7. The monoisotopic (exact) mass is 427 g/mol. The molecule has 2 saturated heterocycles. The molecule has 3 rings (SSSR count). The molecule has 154 valence electrons. The molecule has 0 bridgehead atoms.